The number of ether oxygens (including phenoxy) is 2. The van der Waals surface area contributed by atoms with E-state index in [1.54, 1.807) is 23.5 Å². The normalized spacial score (nSPS) is 16.9. The van der Waals surface area contributed by atoms with Gasteiger partial charge in [0.2, 0.25) is 0 Å². The van der Waals surface area contributed by atoms with Crippen LogP contribution in [0.3, 0.4) is 0 Å². The fraction of sp³-hybridized carbons (Fsp3) is 0.303. The van der Waals surface area contributed by atoms with Gasteiger partial charge in [0.25, 0.3) is 0 Å². The second kappa shape index (κ2) is 14.4. The second-order valence-electron chi connectivity index (χ2n) is 9.62. The number of benzene rings is 3. The van der Waals surface area contributed by atoms with Crippen molar-refractivity contribution in [3.8, 4) is 0 Å². The quantitative estimate of drug-likeness (QED) is 0.135. The first-order valence-electron chi connectivity index (χ1n) is 13.4. The summed E-state index contributed by atoms with van der Waals surface area (Å²) in [4.78, 5) is 34.1. The van der Waals surface area contributed by atoms with E-state index in [4.69, 9.17) is 9.47 Å². The van der Waals surface area contributed by atoms with Gasteiger partial charge in [0.1, 0.15) is 19.1 Å². The van der Waals surface area contributed by atoms with Crippen molar-refractivity contribution < 1.29 is 19.1 Å². The summed E-state index contributed by atoms with van der Waals surface area (Å²) in [7, 11) is 0. The molecule has 0 saturated carbocycles. The summed E-state index contributed by atoms with van der Waals surface area (Å²) in [6.45, 7) is 8.23. The van der Waals surface area contributed by atoms with Crippen molar-refractivity contribution in [3.63, 3.8) is 0 Å². The van der Waals surface area contributed by atoms with Gasteiger partial charge in [-0.05, 0) is 68.7 Å². The monoisotopic (exact) mass is 573 g/mol. The largest absolute Gasteiger partial charge is 0.464 e. The highest BCUT2D eigenvalue weighted by atomic mass is 32.2. The first kappa shape index (κ1) is 29.7. The van der Waals surface area contributed by atoms with Gasteiger partial charge in [0, 0.05) is 38.6 Å². The Balaban J connectivity index is 1.52. The second-order valence-corrected chi connectivity index (χ2v) is 12.0. The summed E-state index contributed by atoms with van der Waals surface area (Å²) in [6, 6.07) is 26.0. The maximum absolute atomic E-state index is 13.6. The van der Waals surface area contributed by atoms with Gasteiger partial charge in [-0.15, -0.1) is 23.5 Å². The predicted molar refractivity (Wildman–Crippen MR) is 164 cm³/mol. The number of carbonyl (C=O) groups is 2. The average Bonchev–Trinajstić information content (AvgIpc) is 2.95. The molecule has 0 radical (unpaired) electrons. The number of allylic oxidation sites excluding steroid dienone is 1. The molecular formula is C33H35NO4S2. The lowest BCUT2D eigenvalue weighted by molar-refractivity contribution is -0.146. The van der Waals surface area contributed by atoms with Gasteiger partial charge in [-0.25, -0.2) is 4.79 Å². The fourth-order valence-electron chi connectivity index (χ4n) is 4.85. The third kappa shape index (κ3) is 7.46. The Labute approximate surface area is 245 Å². The van der Waals surface area contributed by atoms with E-state index >= 15 is 0 Å². The molecule has 0 bridgehead atoms. The standard InChI is InChI=1S/C33H35NO4S2/c1-22-12-11-17-28(23(22)2)31-29(32(35)37-18-20-39-26-13-7-5-8-14-26)24(3)34-25(4)30(31)33(36)38-19-21-40-27-15-9-6-10-16-27/h5-17,29,31H,18-21H2,1-4H3. The summed E-state index contributed by atoms with van der Waals surface area (Å²) in [6.07, 6.45) is 0. The van der Waals surface area contributed by atoms with Crippen LogP contribution in [-0.2, 0) is 19.1 Å². The zero-order valence-electron chi connectivity index (χ0n) is 23.4. The van der Waals surface area contributed by atoms with Crippen LogP contribution in [0.1, 0.15) is 36.5 Å². The van der Waals surface area contributed by atoms with Crippen LogP contribution in [0, 0.1) is 19.8 Å². The van der Waals surface area contributed by atoms with Gasteiger partial charge < -0.3 is 9.47 Å². The molecule has 3 aromatic carbocycles. The molecule has 0 N–H and O–H groups in total. The molecule has 0 fully saturated rings. The summed E-state index contributed by atoms with van der Waals surface area (Å²) in [5.74, 6) is -0.809. The molecule has 0 amide bonds. The molecule has 0 aromatic heterocycles. The molecule has 1 aliphatic rings. The molecule has 2 unspecified atom stereocenters. The number of esters is 2. The van der Waals surface area contributed by atoms with Gasteiger partial charge >= 0.3 is 11.9 Å². The molecule has 0 spiro atoms. The number of rotatable bonds is 11. The topological polar surface area (TPSA) is 65.0 Å². The molecule has 40 heavy (non-hydrogen) atoms. The van der Waals surface area contributed by atoms with Crippen molar-refractivity contribution in [3.05, 3.63) is 107 Å². The minimum atomic E-state index is -0.716. The smallest absolute Gasteiger partial charge is 0.336 e. The van der Waals surface area contributed by atoms with E-state index in [2.05, 4.69) is 4.99 Å². The number of hydrogen-bond acceptors (Lipinski definition) is 7. The summed E-state index contributed by atoms with van der Waals surface area (Å²) in [5, 5.41) is 0. The SMILES string of the molecule is CC1=NC(C)=C(C(=O)OCCSc2ccccc2)C(c2cccc(C)c2C)C1C(=O)OCCSc1ccccc1. The summed E-state index contributed by atoms with van der Waals surface area (Å²) < 4.78 is 11.6. The van der Waals surface area contributed by atoms with E-state index in [9.17, 15) is 9.59 Å². The lowest BCUT2D eigenvalue weighted by atomic mass is 9.74. The molecule has 5 nitrogen and oxygen atoms in total. The van der Waals surface area contributed by atoms with E-state index in [1.165, 1.54) is 0 Å². The summed E-state index contributed by atoms with van der Waals surface area (Å²) in [5.41, 5.74) is 4.68. The van der Waals surface area contributed by atoms with Crippen molar-refractivity contribution in [2.24, 2.45) is 10.9 Å². The molecule has 1 heterocycles. The Morgan fingerprint density at radius 3 is 1.93 bits per heavy atom. The van der Waals surface area contributed by atoms with Crippen LogP contribution in [0.5, 0.6) is 0 Å². The van der Waals surface area contributed by atoms with E-state index in [0.29, 0.717) is 28.5 Å². The first-order chi connectivity index (χ1) is 19.4. The highest BCUT2D eigenvalue weighted by Crippen LogP contribution is 2.42. The van der Waals surface area contributed by atoms with Gasteiger partial charge in [-0.3, -0.25) is 9.79 Å². The van der Waals surface area contributed by atoms with Crippen LogP contribution in [0.25, 0.3) is 0 Å². The third-order valence-electron chi connectivity index (χ3n) is 6.95. The number of aliphatic imine (C=N–C) groups is 1. The number of carbonyl (C=O) groups excluding carboxylic acids is 2. The van der Waals surface area contributed by atoms with Gasteiger partial charge in [0.15, 0.2) is 0 Å². The van der Waals surface area contributed by atoms with Crippen LogP contribution in [0.15, 0.2) is 105 Å². The predicted octanol–water partition coefficient (Wildman–Crippen LogP) is 7.42. The van der Waals surface area contributed by atoms with E-state index in [0.717, 1.165) is 26.5 Å². The zero-order chi connectivity index (χ0) is 28.5. The Kier molecular flexibility index (Phi) is 10.7. The van der Waals surface area contributed by atoms with Gasteiger partial charge in [-0.2, -0.15) is 0 Å². The Bertz CT molecular complexity index is 1390. The van der Waals surface area contributed by atoms with Crippen molar-refractivity contribution in [1.82, 2.24) is 0 Å². The van der Waals surface area contributed by atoms with Crippen LogP contribution >= 0.6 is 23.5 Å². The summed E-state index contributed by atoms with van der Waals surface area (Å²) >= 11 is 3.26. The highest BCUT2D eigenvalue weighted by Gasteiger charge is 2.43. The lowest BCUT2D eigenvalue weighted by Crippen LogP contribution is -2.37. The molecule has 3 aromatic rings. The maximum Gasteiger partial charge on any atom is 0.336 e. The Morgan fingerprint density at radius 2 is 1.32 bits per heavy atom. The molecule has 4 rings (SSSR count). The number of aryl methyl sites for hydroxylation is 1. The van der Waals surface area contributed by atoms with Gasteiger partial charge in [0.05, 0.1) is 5.57 Å². The maximum atomic E-state index is 13.6. The number of thioether (sulfide) groups is 2. The van der Waals surface area contributed by atoms with Crippen LogP contribution in [0.2, 0.25) is 0 Å². The average molecular weight is 574 g/mol. The van der Waals surface area contributed by atoms with Crippen LogP contribution in [0.4, 0.5) is 0 Å². The van der Waals surface area contributed by atoms with Crippen molar-refractivity contribution >= 4 is 41.2 Å². The van der Waals surface area contributed by atoms with Crippen molar-refractivity contribution in [1.29, 1.82) is 0 Å². The molecule has 0 aliphatic carbocycles. The van der Waals surface area contributed by atoms with Gasteiger partial charge in [-0.1, -0.05) is 54.6 Å². The lowest BCUT2D eigenvalue weighted by Gasteiger charge is -2.32. The van der Waals surface area contributed by atoms with Crippen molar-refractivity contribution in [2.45, 2.75) is 43.4 Å². The number of nitrogens with zero attached hydrogens (tertiary/aromatic N) is 1. The minimum absolute atomic E-state index is 0.253. The third-order valence-corrected chi connectivity index (χ3v) is 8.90. The zero-order valence-corrected chi connectivity index (χ0v) is 25.0. The van der Waals surface area contributed by atoms with E-state index < -0.39 is 17.8 Å². The number of hydrogen-bond donors (Lipinski definition) is 0. The Morgan fingerprint density at radius 1 is 0.750 bits per heavy atom. The first-order valence-corrected chi connectivity index (χ1v) is 15.4. The molecule has 2 atom stereocenters. The van der Waals surface area contributed by atoms with E-state index in [1.807, 2.05) is 107 Å². The molecule has 0 saturated heterocycles. The van der Waals surface area contributed by atoms with E-state index in [-0.39, 0.29) is 19.2 Å². The van der Waals surface area contributed by atoms with Crippen LogP contribution < -0.4 is 0 Å². The molecule has 7 heteroatoms. The highest BCUT2D eigenvalue weighted by molar-refractivity contribution is 7.99. The fourth-order valence-corrected chi connectivity index (χ4v) is 6.35. The van der Waals surface area contributed by atoms with Crippen LogP contribution in [-0.4, -0.2) is 42.4 Å². The Hall–Kier alpha value is -3.29. The molecular weight excluding hydrogens is 539 g/mol. The molecule has 1 aliphatic heterocycles. The molecule has 208 valence electrons. The minimum Gasteiger partial charge on any atom is -0.464 e. The van der Waals surface area contributed by atoms with Crippen molar-refractivity contribution in [2.75, 3.05) is 24.7 Å².